The third kappa shape index (κ3) is 4.20. The molecule has 3 nitrogen and oxygen atoms in total. The molecule has 5 heteroatoms. The quantitative estimate of drug-likeness (QED) is 0.608. The van der Waals surface area contributed by atoms with Crippen LogP contribution in [0.4, 0.5) is 0 Å². The van der Waals surface area contributed by atoms with Crippen molar-refractivity contribution in [2.75, 3.05) is 0 Å². The number of rotatable bonds is 6. The normalized spacial score (nSPS) is 23.1. The van der Waals surface area contributed by atoms with Crippen LogP contribution in [0.2, 0.25) is 18.1 Å². The maximum absolute atomic E-state index is 12.1. The molecular formula is C18H29NO2SSi. The van der Waals surface area contributed by atoms with Gasteiger partial charge >= 0.3 is 0 Å². The molecule has 1 aromatic carbocycles. The van der Waals surface area contributed by atoms with Gasteiger partial charge in [-0.25, -0.2) is 0 Å². The van der Waals surface area contributed by atoms with Crippen molar-refractivity contribution in [3.05, 3.63) is 30.3 Å². The van der Waals surface area contributed by atoms with Gasteiger partial charge in [0, 0.05) is 4.90 Å². The summed E-state index contributed by atoms with van der Waals surface area (Å²) in [6, 6.07) is 10.2. The van der Waals surface area contributed by atoms with Gasteiger partial charge in [0.1, 0.15) is 5.25 Å². The summed E-state index contributed by atoms with van der Waals surface area (Å²) in [5.41, 5.74) is 0. The third-order valence-corrected chi connectivity index (χ3v) is 10.8. The van der Waals surface area contributed by atoms with Crippen LogP contribution in [0.5, 0.6) is 0 Å². The number of amides is 1. The average molecular weight is 352 g/mol. The lowest BCUT2D eigenvalue weighted by molar-refractivity contribution is -0.129. The SMILES string of the molecule is CCC(O[Si](C)(C)C(C)(C)C)[C@@H]1NC(=O)[C@H]1Sc1ccccc1. The van der Waals surface area contributed by atoms with Crippen LogP contribution in [0.15, 0.2) is 35.2 Å². The summed E-state index contributed by atoms with van der Waals surface area (Å²) in [5.74, 6) is 0.126. The van der Waals surface area contributed by atoms with E-state index in [1.807, 2.05) is 18.2 Å². The molecule has 3 atom stereocenters. The van der Waals surface area contributed by atoms with E-state index in [-0.39, 0.29) is 28.3 Å². The highest BCUT2D eigenvalue weighted by atomic mass is 32.2. The Morgan fingerprint density at radius 1 is 1.26 bits per heavy atom. The summed E-state index contributed by atoms with van der Waals surface area (Å²) in [4.78, 5) is 13.2. The molecule has 1 aliphatic heterocycles. The van der Waals surface area contributed by atoms with Gasteiger partial charge < -0.3 is 9.74 Å². The van der Waals surface area contributed by atoms with E-state index < -0.39 is 8.32 Å². The Labute approximate surface area is 145 Å². The number of thioether (sulfide) groups is 1. The van der Waals surface area contributed by atoms with Crippen LogP contribution in [0.25, 0.3) is 0 Å². The first-order valence-electron chi connectivity index (χ1n) is 8.35. The van der Waals surface area contributed by atoms with Crippen LogP contribution in [-0.4, -0.2) is 31.6 Å². The van der Waals surface area contributed by atoms with Crippen molar-refractivity contribution in [3.63, 3.8) is 0 Å². The van der Waals surface area contributed by atoms with Gasteiger partial charge in [0.2, 0.25) is 5.91 Å². The minimum Gasteiger partial charge on any atom is -0.412 e. The number of carbonyl (C=O) groups is 1. The van der Waals surface area contributed by atoms with Gasteiger partial charge in [-0.2, -0.15) is 0 Å². The van der Waals surface area contributed by atoms with Crippen LogP contribution >= 0.6 is 11.8 Å². The van der Waals surface area contributed by atoms with Gasteiger partial charge in [0.15, 0.2) is 8.32 Å². The number of carbonyl (C=O) groups excluding carboxylic acids is 1. The number of hydrogen-bond acceptors (Lipinski definition) is 3. The van der Waals surface area contributed by atoms with Gasteiger partial charge in [0.25, 0.3) is 0 Å². The van der Waals surface area contributed by atoms with Crippen molar-refractivity contribution < 1.29 is 9.22 Å². The monoisotopic (exact) mass is 351 g/mol. The maximum atomic E-state index is 12.1. The van der Waals surface area contributed by atoms with Crippen molar-refractivity contribution >= 4 is 26.0 Å². The van der Waals surface area contributed by atoms with Crippen LogP contribution in [0.3, 0.4) is 0 Å². The molecule has 1 aromatic rings. The average Bonchev–Trinajstić information content (AvgIpc) is 2.48. The fourth-order valence-electron chi connectivity index (χ4n) is 2.42. The van der Waals surface area contributed by atoms with E-state index in [0.29, 0.717) is 0 Å². The smallest absolute Gasteiger partial charge is 0.236 e. The number of nitrogens with one attached hydrogen (secondary N) is 1. The molecule has 0 aliphatic carbocycles. The minimum atomic E-state index is -1.84. The zero-order valence-electron chi connectivity index (χ0n) is 15.1. The standard InChI is InChI=1S/C18H29NO2SSi/c1-7-14(21-23(5,6)18(2,3)4)15-16(17(20)19-15)22-13-11-9-8-10-12-13/h8-12,14-16H,7H2,1-6H3,(H,19,20)/t14?,15-,16-/m0/s1. The largest absolute Gasteiger partial charge is 0.412 e. The Balaban J connectivity index is 2.07. The Morgan fingerprint density at radius 2 is 1.87 bits per heavy atom. The summed E-state index contributed by atoms with van der Waals surface area (Å²) < 4.78 is 6.58. The molecule has 0 spiro atoms. The van der Waals surface area contributed by atoms with E-state index in [1.54, 1.807) is 11.8 Å². The van der Waals surface area contributed by atoms with Crippen molar-refractivity contribution in [2.24, 2.45) is 0 Å². The lowest BCUT2D eigenvalue weighted by Crippen LogP contribution is -2.67. The Hall–Kier alpha value is -0.783. The summed E-state index contributed by atoms with van der Waals surface area (Å²) in [6.07, 6.45) is 1.01. The van der Waals surface area contributed by atoms with Crippen LogP contribution in [0.1, 0.15) is 34.1 Å². The number of β-lactam (4-membered cyclic amide) rings is 1. The van der Waals surface area contributed by atoms with Gasteiger partial charge in [-0.15, -0.1) is 11.8 Å². The summed E-state index contributed by atoms with van der Waals surface area (Å²) >= 11 is 1.65. The van der Waals surface area contributed by atoms with Crippen molar-refractivity contribution in [1.82, 2.24) is 5.32 Å². The number of benzene rings is 1. The van der Waals surface area contributed by atoms with E-state index >= 15 is 0 Å². The van der Waals surface area contributed by atoms with E-state index in [9.17, 15) is 4.79 Å². The fraction of sp³-hybridized carbons (Fsp3) is 0.611. The van der Waals surface area contributed by atoms with Crippen LogP contribution < -0.4 is 5.32 Å². The molecule has 1 N–H and O–H groups in total. The third-order valence-electron chi connectivity index (χ3n) is 4.95. The molecule has 1 saturated heterocycles. The first kappa shape index (κ1) is 18.6. The molecule has 1 fully saturated rings. The highest BCUT2D eigenvalue weighted by Crippen LogP contribution is 2.40. The summed E-state index contributed by atoms with van der Waals surface area (Å²) in [7, 11) is -1.84. The van der Waals surface area contributed by atoms with Crippen molar-refractivity contribution in [2.45, 2.75) is 74.5 Å². The second kappa shape index (κ2) is 6.99. The second-order valence-corrected chi connectivity index (χ2v) is 13.7. The topological polar surface area (TPSA) is 38.3 Å². The van der Waals surface area contributed by atoms with E-state index in [2.05, 4.69) is 58.2 Å². The molecule has 0 aromatic heterocycles. The first-order valence-corrected chi connectivity index (χ1v) is 12.1. The van der Waals surface area contributed by atoms with Crippen LogP contribution in [-0.2, 0) is 9.22 Å². The molecule has 0 bridgehead atoms. The van der Waals surface area contributed by atoms with Crippen molar-refractivity contribution in [3.8, 4) is 0 Å². The molecule has 2 rings (SSSR count). The van der Waals surface area contributed by atoms with Gasteiger partial charge in [-0.05, 0) is 36.7 Å². The lowest BCUT2D eigenvalue weighted by atomic mass is 9.98. The Kier molecular flexibility index (Phi) is 5.64. The van der Waals surface area contributed by atoms with Gasteiger partial charge in [0.05, 0.1) is 12.1 Å². The van der Waals surface area contributed by atoms with Crippen molar-refractivity contribution in [1.29, 1.82) is 0 Å². The highest BCUT2D eigenvalue weighted by molar-refractivity contribution is 8.00. The molecule has 23 heavy (non-hydrogen) atoms. The molecule has 1 amide bonds. The predicted octanol–water partition coefficient (Wildman–Crippen LogP) is 4.45. The molecule has 0 radical (unpaired) electrons. The second-order valence-electron chi connectivity index (χ2n) is 7.71. The zero-order chi connectivity index (χ0) is 17.3. The zero-order valence-corrected chi connectivity index (χ0v) is 16.9. The van der Waals surface area contributed by atoms with E-state index in [0.717, 1.165) is 11.3 Å². The molecular weight excluding hydrogens is 322 g/mol. The maximum Gasteiger partial charge on any atom is 0.236 e. The summed E-state index contributed by atoms with van der Waals surface area (Å²) in [6.45, 7) is 13.4. The molecule has 128 valence electrons. The van der Waals surface area contributed by atoms with Crippen LogP contribution in [0, 0.1) is 0 Å². The molecule has 1 aliphatic rings. The Morgan fingerprint density at radius 3 is 2.35 bits per heavy atom. The molecule has 1 unspecified atom stereocenters. The van der Waals surface area contributed by atoms with E-state index in [4.69, 9.17) is 4.43 Å². The first-order chi connectivity index (χ1) is 10.7. The predicted molar refractivity (Wildman–Crippen MR) is 100 cm³/mol. The highest BCUT2D eigenvalue weighted by Gasteiger charge is 2.48. The lowest BCUT2D eigenvalue weighted by Gasteiger charge is -2.46. The Bertz CT molecular complexity index is 542. The van der Waals surface area contributed by atoms with Gasteiger partial charge in [-0.3, -0.25) is 4.79 Å². The molecule has 1 heterocycles. The summed E-state index contributed by atoms with van der Waals surface area (Å²) in [5, 5.41) is 3.20. The minimum absolute atomic E-state index is 0.0490. The fourth-order valence-corrected chi connectivity index (χ4v) is 5.01. The number of hydrogen-bond donors (Lipinski definition) is 1. The molecule has 0 saturated carbocycles. The van der Waals surface area contributed by atoms with E-state index in [1.165, 1.54) is 0 Å². The van der Waals surface area contributed by atoms with Gasteiger partial charge in [-0.1, -0.05) is 45.9 Å².